The summed E-state index contributed by atoms with van der Waals surface area (Å²) in [6.07, 6.45) is -0.768. The minimum absolute atomic E-state index is 0.0828. The van der Waals surface area contributed by atoms with E-state index in [0.717, 1.165) is 34.2 Å². The third-order valence-electron chi connectivity index (χ3n) is 5.03. The van der Waals surface area contributed by atoms with Crippen LogP contribution in [0.2, 0.25) is 0 Å². The van der Waals surface area contributed by atoms with E-state index in [1.54, 1.807) is 19.2 Å². The van der Waals surface area contributed by atoms with Crippen molar-refractivity contribution < 1.29 is 27.5 Å². The Balaban J connectivity index is 1.46. The van der Waals surface area contributed by atoms with Gasteiger partial charge in [-0.2, -0.15) is 13.2 Å². The van der Waals surface area contributed by atoms with Crippen molar-refractivity contribution in [3.05, 3.63) is 28.6 Å². The largest absolute Gasteiger partial charge is 0.475 e. The number of ether oxygens (including phenoxy) is 1. The number of halogens is 3. The molecule has 1 amide bonds. The van der Waals surface area contributed by atoms with Gasteiger partial charge in [-0.1, -0.05) is 0 Å². The van der Waals surface area contributed by atoms with Gasteiger partial charge in [-0.05, 0) is 32.0 Å². The topological polar surface area (TPSA) is 83.6 Å². The summed E-state index contributed by atoms with van der Waals surface area (Å²) < 4.78 is 41.6. The molecule has 2 aromatic rings. The molecule has 0 radical (unpaired) electrons. The highest BCUT2D eigenvalue weighted by molar-refractivity contribution is 7.14. The molecule has 1 aliphatic rings. The van der Waals surface area contributed by atoms with Crippen molar-refractivity contribution in [2.24, 2.45) is 5.92 Å². The lowest BCUT2D eigenvalue weighted by Crippen LogP contribution is -2.38. The molecule has 0 saturated carbocycles. The summed E-state index contributed by atoms with van der Waals surface area (Å²) >= 11 is 2.56. The fraction of sp³-hybridized carbons (Fsp3) is 0.550. The molecule has 1 saturated heterocycles. The molecule has 176 valence electrons. The molecule has 0 aromatic carbocycles. The van der Waals surface area contributed by atoms with Gasteiger partial charge in [-0.25, -0.2) is 4.98 Å². The number of likely N-dealkylation sites (tertiary alicyclic amines) is 1. The van der Waals surface area contributed by atoms with Gasteiger partial charge < -0.3 is 25.1 Å². The van der Waals surface area contributed by atoms with Crippen molar-refractivity contribution in [2.75, 3.05) is 31.6 Å². The van der Waals surface area contributed by atoms with Crippen molar-refractivity contribution in [2.45, 2.75) is 38.0 Å². The average Bonchev–Trinajstić information content (AvgIpc) is 3.48. The molecule has 3 heterocycles. The van der Waals surface area contributed by atoms with Crippen LogP contribution in [0, 0.1) is 5.92 Å². The number of anilines is 1. The second-order valence-corrected chi connectivity index (χ2v) is 9.59. The van der Waals surface area contributed by atoms with Crippen LogP contribution >= 0.6 is 22.7 Å². The second-order valence-electron chi connectivity index (χ2n) is 7.62. The molecular formula is C20H25F3N4O3S2. The molecule has 2 aromatic heterocycles. The number of hydrogen-bond acceptors (Lipinski definition) is 8. The number of alkyl halides is 3. The number of thiazole rings is 1. The second kappa shape index (κ2) is 11.1. The van der Waals surface area contributed by atoms with Crippen LogP contribution in [-0.4, -0.2) is 60.5 Å². The predicted octanol–water partition coefficient (Wildman–Crippen LogP) is 3.71. The van der Waals surface area contributed by atoms with E-state index in [2.05, 4.69) is 20.5 Å². The summed E-state index contributed by atoms with van der Waals surface area (Å²) in [5.74, 6) is -0.277. The first-order chi connectivity index (χ1) is 15.2. The molecule has 2 unspecified atom stereocenters. The maximum atomic E-state index is 12.7. The minimum Gasteiger partial charge on any atom is -0.475 e. The van der Waals surface area contributed by atoms with Crippen molar-refractivity contribution in [1.82, 2.24) is 15.2 Å². The number of thiophene rings is 1. The summed E-state index contributed by atoms with van der Waals surface area (Å²) in [5, 5.41) is 8.99. The summed E-state index contributed by atoms with van der Waals surface area (Å²) in [4.78, 5) is 30.8. The van der Waals surface area contributed by atoms with E-state index in [4.69, 9.17) is 4.74 Å². The van der Waals surface area contributed by atoms with Crippen molar-refractivity contribution in [3.63, 3.8) is 0 Å². The van der Waals surface area contributed by atoms with E-state index in [1.807, 2.05) is 5.38 Å². The van der Waals surface area contributed by atoms with E-state index < -0.39 is 12.8 Å². The fourth-order valence-electron chi connectivity index (χ4n) is 3.49. The SMILES string of the molecule is CC(NC(=O)[C@@H]1CCN(CC(CC=O)Nc2nccs2)C1)c1ccc(OCC(F)(F)F)s1. The Kier molecular flexibility index (Phi) is 8.49. The van der Waals surface area contributed by atoms with Gasteiger partial charge in [0.2, 0.25) is 5.91 Å². The van der Waals surface area contributed by atoms with Gasteiger partial charge in [0, 0.05) is 42.0 Å². The van der Waals surface area contributed by atoms with Crippen LogP contribution in [0.5, 0.6) is 5.06 Å². The first-order valence-electron chi connectivity index (χ1n) is 10.1. The van der Waals surface area contributed by atoms with Crippen LogP contribution in [0.1, 0.15) is 30.7 Å². The predicted molar refractivity (Wildman–Crippen MR) is 117 cm³/mol. The van der Waals surface area contributed by atoms with Crippen LogP contribution in [-0.2, 0) is 9.59 Å². The third kappa shape index (κ3) is 7.45. The number of aromatic nitrogens is 1. The Hall–Kier alpha value is -2.18. The number of carbonyl (C=O) groups is 2. The monoisotopic (exact) mass is 490 g/mol. The van der Waals surface area contributed by atoms with Gasteiger partial charge in [0.25, 0.3) is 0 Å². The lowest BCUT2D eigenvalue weighted by molar-refractivity contribution is -0.152. The normalized spacial score (nSPS) is 18.8. The molecule has 7 nitrogen and oxygen atoms in total. The highest BCUT2D eigenvalue weighted by Crippen LogP contribution is 2.31. The van der Waals surface area contributed by atoms with Gasteiger partial charge in [-0.15, -0.1) is 22.7 Å². The lowest BCUT2D eigenvalue weighted by atomic mass is 10.1. The van der Waals surface area contributed by atoms with Crippen LogP contribution in [0.4, 0.5) is 18.3 Å². The molecule has 12 heteroatoms. The highest BCUT2D eigenvalue weighted by atomic mass is 32.1. The molecule has 0 bridgehead atoms. The zero-order valence-corrected chi connectivity index (χ0v) is 19.1. The smallest absolute Gasteiger partial charge is 0.422 e. The molecule has 0 spiro atoms. The number of amides is 1. The summed E-state index contributed by atoms with van der Waals surface area (Å²) in [7, 11) is 0. The third-order valence-corrected chi connectivity index (χ3v) is 6.91. The van der Waals surface area contributed by atoms with E-state index in [0.29, 0.717) is 25.9 Å². The van der Waals surface area contributed by atoms with Gasteiger partial charge in [0.1, 0.15) is 6.29 Å². The minimum atomic E-state index is -4.39. The highest BCUT2D eigenvalue weighted by Gasteiger charge is 2.31. The Bertz CT molecular complexity index is 876. The first-order valence-corrected chi connectivity index (χ1v) is 11.8. The molecule has 3 rings (SSSR count). The van der Waals surface area contributed by atoms with Gasteiger partial charge in [0.05, 0.1) is 12.0 Å². The van der Waals surface area contributed by atoms with Crippen LogP contribution < -0.4 is 15.4 Å². The Morgan fingerprint density at radius 3 is 2.94 bits per heavy atom. The first kappa shape index (κ1) is 24.5. The van der Waals surface area contributed by atoms with Gasteiger partial charge >= 0.3 is 6.18 Å². The van der Waals surface area contributed by atoms with Gasteiger partial charge in [-0.3, -0.25) is 4.79 Å². The van der Waals surface area contributed by atoms with Crippen LogP contribution in [0.3, 0.4) is 0 Å². The van der Waals surface area contributed by atoms with E-state index in [9.17, 15) is 22.8 Å². The Labute approximate surface area is 192 Å². The van der Waals surface area contributed by atoms with Crippen LogP contribution in [0.25, 0.3) is 0 Å². The number of carbonyl (C=O) groups excluding carboxylic acids is 2. The van der Waals surface area contributed by atoms with Gasteiger partial charge in [0.15, 0.2) is 16.8 Å². The zero-order valence-electron chi connectivity index (χ0n) is 17.4. The molecule has 1 fully saturated rings. The number of nitrogens with one attached hydrogen (secondary N) is 2. The number of nitrogens with zero attached hydrogens (tertiary/aromatic N) is 2. The average molecular weight is 491 g/mol. The Morgan fingerprint density at radius 2 is 2.25 bits per heavy atom. The maximum Gasteiger partial charge on any atom is 0.422 e. The molecule has 32 heavy (non-hydrogen) atoms. The zero-order chi connectivity index (χ0) is 23.1. The lowest BCUT2D eigenvalue weighted by Gasteiger charge is -2.23. The van der Waals surface area contributed by atoms with E-state index >= 15 is 0 Å². The summed E-state index contributed by atoms with van der Waals surface area (Å²) in [5.41, 5.74) is 0. The van der Waals surface area contributed by atoms with Crippen molar-refractivity contribution in [3.8, 4) is 5.06 Å². The molecule has 1 aliphatic heterocycles. The maximum absolute atomic E-state index is 12.7. The summed E-state index contributed by atoms with van der Waals surface area (Å²) in [6.45, 7) is 2.41. The molecular weight excluding hydrogens is 465 g/mol. The summed E-state index contributed by atoms with van der Waals surface area (Å²) in [6, 6.07) is 2.73. The quantitative estimate of drug-likeness (QED) is 0.467. The van der Waals surface area contributed by atoms with E-state index in [1.165, 1.54) is 17.4 Å². The molecule has 2 N–H and O–H groups in total. The van der Waals surface area contributed by atoms with E-state index in [-0.39, 0.29) is 29.0 Å². The van der Waals surface area contributed by atoms with Crippen molar-refractivity contribution >= 4 is 40.0 Å². The number of rotatable bonds is 11. The van der Waals surface area contributed by atoms with Crippen molar-refractivity contribution in [1.29, 1.82) is 0 Å². The Morgan fingerprint density at radius 1 is 1.44 bits per heavy atom. The standard InChI is InChI=1S/C20H25F3N4O3S2/c1-13(16-2-3-17(32-16)30-12-20(21,22)23)25-18(29)14-4-7-27(10-14)11-15(5-8-28)26-19-24-6-9-31-19/h2-3,6,8-9,13-15H,4-5,7,10-12H2,1H3,(H,24,26)(H,25,29)/t13?,14-,15?/m1/s1. The molecule has 3 atom stereocenters. The number of hydrogen-bond donors (Lipinski definition) is 2. The van der Waals surface area contributed by atoms with Crippen LogP contribution in [0.15, 0.2) is 23.7 Å². The fourth-order valence-corrected chi connectivity index (χ4v) is 4.95. The number of aldehydes is 1. The molecule has 0 aliphatic carbocycles.